The summed E-state index contributed by atoms with van der Waals surface area (Å²) in [5.41, 5.74) is -0.111. The molecule has 0 aromatic rings. The lowest BCUT2D eigenvalue weighted by atomic mass is 9.46. The first kappa shape index (κ1) is 15.6. The van der Waals surface area contributed by atoms with Gasteiger partial charge in [-0.1, -0.05) is 26.0 Å². The molecule has 1 heterocycles. The van der Waals surface area contributed by atoms with Crippen LogP contribution in [0, 0.1) is 34.5 Å². The number of allylic oxidation sites excluding steroid dienone is 2. The molecule has 5 aliphatic rings. The number of ether oxygens (including phenoxy) is 1. The number of aliphatic hydroxyl groups is 1. The lowest BCUT2D eigenvalue weighted by Crippen LogP contribution is -2.55. The van der Waals surface area contributed by atoms with Crippen molar-refractivity contribution in [3.05, 3.63) is 12.2 Å². The molecule has 24 heavy (non-hydrogen) atoms. The van der Waals surface area contributed by atoms with Crippen molar-refractivity contribution in [3.8, 4) is 0 Å². The molecule has 3 saturated carbocycles. The monoisotopic (exact) mass is 330 g/mol. The van der Waals surface area contributed by atoms with E-state index in [1.54, 1.807) is 6.92 Å². The SMILES string of the molecule is CC(=O)C12OC1CC1C3C=CC4CC(O)CCC4(C)C3CCC12C. The molecule has 5 rings (SSSR count). The molecule has 3 heteroatoms. The van der Waals surface area contributed by atoms with Crippen molar-refractivity contribution >= 4 is 5.78 Å². The lowest BCUT2D eigenvalue weighted by Gasteiger charge is -2.58. The number of carbonyl (C=O) groups is 1. The molecule has 4 fully saturated rings. The van der Waals surface area contributed by atoms with Crippen LogP contribution in [0.15, 0.2) is 12.2 Å². The first-order valence-corrected chi connectivity index (χ1v) is 9.88. The van der Waals surface area contributed by atoms with Crippen LogP contribution in [0.3, 0.4) is 0 Å². The Morgan fingerprint density at radius 3 is 2.67 bits per heavy atom. The highest BCUT2D eigenvalue weighted by atomic mass is 16.6. The topological polar surface area (TPSA) is 49.8 Å². The predicted octanol–water partition coefficient (Wildman–Crippen LogP) is 3.50. The molecule has 132 valence electrons. The van der Waals surface area contributed by atoms with E-state index in [1.165, 1.54) is 6.42 Å². The summed E-state index contributed by atoms with van der Waals surface area (Å²) in [5.74, 6) is 2.66. The number of ketones is 1. The van der Waals surface area contributed by atoms with E-state index in [1.807, 2.05) is 0 Å². The van der Waals surface area contributed by atoms with E-state index >= 15 is 0 Å². The van der Waals surface area contributed by atoms with Gasteiger partial charge >= 0.3 is 0 Å². The second-order valence-electron chi connectivity index (χ2n) is 9.81. The van der Waals surface area contributed by atoms with Crippen LogP contribution in [-0.4, -0.2) is 28.7 Å². The molecule has 9 atom stereocenters. The summed E-state index contributed by atoms with van der Waals surface area (Å²) in [6, 6.07) is 0. The van der Waals surface area contributed by atoms with Crippen molar-refractivity contribution < 1.29 is 14.6 Å². The Balaban J connectivity index is 1.51. The summed E-state index contributed by atoms with van der Waals surface area (Å²) < 4.78 is 5.99. The molecule has 3 nitrogen and oxygen atoms in total. The summed E-state index contributed by atoms with van der Waals surface area (Å²) in [6.45, 7) is 6.53. The van der Waals surface area contributed by atoms with E-state index in [9.17, 15) is 9.90 Å². The number of aliphatic hydroxyl groups excluding tert-OH is 1. The Hall–Kier alpha value is -0.670. The van der Waals surface area contributed by atoms with Crippen molar-refractivity contribution in [2.75, 3.05) is 0 Å². The average molecular weight is 330 g/mol. The highest BCUT2D eigenvalue weighted by Gasteiger charge is 2.79. The molecule has 1 saturated heterocycles. The van der Waals surface area contributed by atoms with Crippen LogP contribution < -0.4 is 0 Å². The van der Waals surface area contributed by atoms with Gasteiger partial charge < -0.3 is 9.84 Å². The van der Waals surface area contributed by atoms with E-state index in [0.29, 0.717) is 29.1 Å². The van der Waals surface area contributed by atoms with Crippen LogP contribution in [0.2, 0.25) is 0 Å². The third-order valence-electron chi connectivity index (χ3n) is 9.09. The third-order valence-corrected chi connectivity index (χ3v) is 9.09. The number of Topliss-reactive ketones (excluding diaryl/α,β-unsaturated/α-hetero) is 1. The molecular formula is C21H30O3. The minimum atomic E-state index is -0.461. The largest absolute Gasteiger partial charge is 0.393 e. The Morgan fingerprint density at radius 2 is 1.92 bits per heavy atom. The van der Waals surface area contributed by atoms with Crippen LogP contribution in [-0.2, 0) is 9.53 Å². The minimum Gasteiger partial charge on any atom is -0.393 e. The van der Waals surface area contributed by atoms with Gasteiger partial charge in [-0.25, -0.2) is 0 Å². The molecule has 0 radical (unpaired) electrons. The van der Waals surface area contributed by atoms with Crippen LogP contribution >= 0.6 is 0 Å². The van der Waals surface area contributed by atoms with Crippen LogP contribution in [0.1, 0.15) is 59.3 Å². The van der Waals surface area contributed by atoms with Gasteiger partial charge in [-0.15, -0.1) is 0 Å². The van der Waals surface area contributed by atoms with Crippen molar-refractivity contribution in [1.29, 1.82) is 0 Å². The van der Waals surface area contributed by atoms with E-state index < -0.39 is 5.60 Å². The molecule has 0 amide bonds. The standard InChI is InChI=1S/C21H30O3/c1-12(22)21-18(24-21)11-17-15-5-4-13-10-14(23)6-8-19(13,2)16(15)7-9-20(17,21)3/h4-5,13-18,23H,6-11H2,1-3H3. The van der Waals surface area contributed by atoms with E-state index in [2.05, 4.69) is 26.0 Å². The first-order valence-electron chi connectivity index (χ1n) is 9.88. The maximum Gasteiger partial charge on any atom is 0.164 e. The van der Waals surface area contributed by atoms with Gasteiger partial charge in [0.1, 0.15) is 0 Å². The van der Waals surface area contributed by atoms with E-state index in [4.69, 9.17) is 4.74 Å². The maximum atomic E-state index is 12.4. The van der Waals surface area contributed by atoms with Gasteiger partial charge in [-0.05, 0) is 74.5 Å². The third kappa shape index (κ3) is 1.60. The molecule has 0 aromatic carbocycles. The molecule has 1 N–H and O–H groups in total. The zero-order chi connectivity index (χ0) is 16.9. The summed E-state index contributed by atoms with van der Waals surface area (Å²) in [7, 11) is 0. The van der Waals surface area contributed by atoms with Crippen molar-refractivity contribution in [1.82, 2.24) is 0 Å². The van der Waals surface area contributed by atoms with Crippen molar-refractivity contribution in [2.24, 2.45) is 34.5 Å². The number of fused-ring (bicyclic) bond motifs is 7. The molecule has 0 spiro atoms. The van der Waals surface area contributed by atoms with Crippen LogP contribution in [0.4, 0.5) is 0 Å². The molecule has 9 unspecified atom stereocenters. The number of hydrogen-bond donors (Lipinski definition) is 1. The zero-order valence-corrected chi connectivity index (χ0v) is 15.1. The van der Waals surface area contributed by atoms with Gasteiger partial charge in [0.05, 0.1) is 12.2 Å². The molecule has 1 aliphatic heterocycles. The molecular weight excluding hydrogens is 300 g/mol. The smallest absolute Gasteiger partial charge is 0.164 e. The summed E-state index contributed by atoms with van der Waals surface area (Å²) in [5, 5.41) is 10.1. The predicted molar refractivity (Wildman–Crippen MR) is 91.3 cm³/mol. The van der Waals surface area contributed by atoms with Crippen molar-refractivity contribution in [2.45, 2.75) is 77.1 Å². The minimum absolute atomic E-state index is 0.0202. The van der Waals surface area contributed by atoms with E-state index in [0.717, 1.165) is 32.1 Å². The van der Waals surface area contributed by atoms with Gasteiger partial charge in [-0.3, -0.25) is 4.79 Å². The average Bonchev–Trinajstić information content (AvgIpc) is 3.21. The maximum absolute atomic E-state index is 12.4. The quantitative estimate of drug-likeness (QED) is 0.591. The summed E-state index contributed by atoms with van der Waals surface area (Å²) >= 11 is 0. The number of rotatable bonds is 1. The summed E-state index contributed by atoms with van der Waals surface area (Å²) in [4.78, 5) is 12.4. The van der Waals surface area contributed by atoms with E-state index in [-0.39, 0.29) is 23.4 Å². The second-order valence-corrected chi connectivity index (χ2v) is 9.81. The van der Waals surface area contributed by atoms with Crippen LogP contribution in [0.5, 0.6) is 0 Å². The van der Waals surface area contributed by atoms with Gasteiger partial charge in [0.25, 0.3) is 0 Å². The Labute approximate surface area is 144 Å². The van der Waals surface area contributed by atoms with Gasteiger partial charge in [-0.2, -0.15) is 0 Å². The molecule has 4 aliphatic carbocycles. The fourth-order valence-corrected chi connectivity index (χ4v) is 7.67. The first-order chi connectivity index (χ1) is 11.3. The molecule has 0 aromatic heterocycles. The van der Waals surface area contributed by atoms with Crippen LogP contribution in [0.25, 0.3) is 0 Å². The molecule has 0 bridgehead atoms. The Bertz CT molecular complexity index is 627. The number of epoxide rings is 1. The Morgan fingerprint density at radius 1 is 1.12 bits per heavy atom. The Kier molecular flexibility index (Phi) is 2.94. The fourth-order valence-electron chi connectivity index (χ4n) is 7.67. The normalized spacial score (nSPS) is 60.7. The highest BCUT2D eigenvalue weighted by molar-refractivity contribution is 5.90. The highest BCUT2D eigenvalue weighted by Crippen LogP contribution is 2.72. The zero-order valence-electron chi connectivity index (χ0n) is 15.1. The number of hydrogen-bond acceptors (Lipinski definition) is 3. The summed E-state index contributed by atoms with van der Waals surface area (Å²) in [6.07, 6.45) is 11.4. The second kappa shape index (κ2) is 4.54. The fraction of sp³-hybridized carbons (Fsp3) is 0.857. The lowest BCUT2D eigenvalue weighted by molar-refractivity contribution is -0.136. The van der Waals surface area contributed by atoms with Gasteiger partial charge in [0.15, 0.2) is 11.4 Å². The van der Waals surface area contributed by atoms with Gasteiger partial charge in [0.2, 0.25) is 0 Å². The number of carbonyl (C=O) groups excluding carboxylic acids is 1. The van der Waals surface area contributed by atoms with Crippen molar-refractivity contribution in [3.63, 3.8) is 0 Å². The van der Waals surface area contributed by atoms with Gasteiger partial charge in [0, 0.05) is 5.41 Å².